The van der Waals surface area contributed by atoms with Crippen LogP contribution in [0, 0.1) is 0 Å². The van der Waals surface area contributed by atoms with E-state index in [-0.39, 0.29) is 6.79 Å². The minimum Gasteiger partial charge on any atom is -0.454 e. The molecular weight excluding hydrogens is 330 g/mol. The van der Waals surface area contributed by atoms with Crippen LogP contribution in [0.3, 0.4) is 0 Å². The van der Waals surface area contributed by atoms with Gasteiger partial charge in [0.1, 0.15) is 5.82 Å². The standard InChI is InChI=1S/C20H25N3O3/c1-14(2)19-21-10-15(11-22-19)12-23-7-5-20(24,6-8-23)16-3-4-17-18(9-16)26-13-25-17/h3-4,9-11,14,24H,5-8,12-13H2,1-2H3. The summed E-state index contributed by atoms with van der Waals surface area (Å²) in [5.41, 5.74) is 1.21. The first-order valence-corrected chi connectivity index (χ1v) is 9.19. The van der Waals surface area contributed by atoms with Crippen LogP contribution in [0.5, 0.6) is 11.5 Å². The number of hydrogen-bond acceptors (Lipinski definition) is 6. The van der Waals surface area contributed by atoms with Crippen molar-refractivity contribution < 1.29 is 14.6 Å². The van der Waals surface area contributed by atoms with Gasteiger partial charge >= 0.3 is 0 Å². The summed E-state index contributed by atoms with van der Waals surface area (Å²) >= 11 is 0. The van der Waals surface area contributed by atoms with Crippen molar-refractivity contribution >= 4 is 0 Å². The maximum atomic E-state index is 11.1. The fraction of sp³-hybridized carbons (Fsp3) is 0.500. The van der Waals surface area contributed by atoms with Crippen molar-refractivity contribution in [3.05, 3.63) is 47.5 Å². The number of benzene rings is 1. The predicted molar refractivity (Wildman–Crippen MR) is 97.1 cm³/mol. The Labute approximate surface area is 153 Å². The Kier molecular flexibility index (Phi) is 4.54. The van der Waals surface area contributed by atoms with E-state index in [1.165, 1.54) is 0 Å². The molecule has 0 saturated carbocycles. The number of ether oxygens (including phenoxy) is 2. The molecule has 6 nitrogen and oxygen atoms in total. The van der Waals surface area contributed by atoms with E-state index >= 15 is 0 Å². The quantitative estimate of drug-likeness (QED) is 0.910. The second-order valence-corrected chi connectivity index (χ2v) is 7.48. The smallest absolute Gasteiger partial charge is 0.231 e. The van der Waals surface area contributed by atoms with Gasteiger partial charge in [0.25, 0.3) is 0 Å². The Balaban J connectivity index is 1.39. The van der Waals surface area contributed by atoms with Gasteiger partial charge in [0.05, 0.1) is 5.60 Å². The van der Waals surface area contributed by atoms with E-state index in [0.717, 1.165) is 48.1 Å². The summed E-state index contributed by atoms with van der Waals surface area (Å²) in [5.74, 6) is 2.70. The van der Waals surface area contributed by atoms with E-state index in [9.17, 15) is 5.11 Å². The van der Waals surface area contributed by atoms with Gasteiger partial charge in [-0.25, -0.2) is 9.97 Å². The number of piperidine rings is 1. The van der Waals surface area contributed by atoms with Crippen LogP contribution in [0.25, 0.3) is 0 Å². The Hall–Kier alpha value is -2.18. The van der Waals surface area contributed by atoms with Gasteiger partial charge in [0.2, 0.25) is 6.79 Å². The number of aliphatic hydroxyl groups is 1. The van der Waals surface area contributed by atoms with E-state index in [2.05, 4.69) is 28.7 Å². The maximum Gasteiger partial charge on any atom is 0.231 e. The van der Waals surface area contributed by atoms with Gasteiger partial charge < -0.3 is 14.6 Å². The number of rotatable bonds is 4. The van der Waals surface area contributed by atoms with Gasteiger partial charge in [0.15, 0.2) is 11.5 Å². The highest BCUT2D eigenvalue weighted by Gasteiger charge is 2.35. The van der Waals surface area contributed by atoms with Crippen LogP contribution in [0.15, 0.2) is 30.6 Å². The van der Waals surface area contributed by atoms with E-state index < -0.39 is 5.60 Å². The van der Waals surface area contributed by atoms with Gasteiger partial charge in [-0.2, -0.15) is 0 Å². The predicted octanol–water partition coefficient (Wildman–Crippen LogP) is 2.81. The highest BCUT2D eigenvalue weighted by atomic mass is 16.7. The molecule has 3 heterocycles. The minimum absolute atomic E-state index is 0.253. The molecule has 2 aliphatic heterocycles. The van der Waals surface area contributed by atoms with Gasteiger partial charge in [-0.1, -0.05) is 19.9 Å². The van der Waals surface area contributed by atoms with Crippen molar-refractivity contribution in [2.75, 3.05) is 19.9 Å². The lowest BCUT2D eigenvalue weighted by Crippen LogP contribution is -2.42. The lowest BCUT2D eigenvalue weighted by molar-refractivity contribution is -0.0278. The Morgan fingerprint density at radius 3 is 2.50 bits per heavy atom. The van der Waals surface area contributed by atoms with Crippen molar-refractivity contribution in [1.29, 1.82) is 0 Å². The molecule has 1 aromatic heterocycles. The van der Waals surface area contributed by atoms with Gasteiger partial charge in [-0.3, -0.25) is 4.90 Å². The zero-order chi connectivity index (χ0) is 18.1. The number of hydrogen-bond donors (Lipinski definition) is 1. The highest BCUT2D eigenvalue weighted by molar-refractivity contribution is 5.46. The van der Waals surface area contributed by atoms with Gasteiger partial charge in [-0.05, 0) is 30.5 Å². The van der Waals surface area contributed by atoms with Crippen LogP contribution < -0.4 is 9.47 Å². The summed E-state index contributed by atoms with van der Waals surface area (Å²) in [7, 11) is 0. The molecule has 2 aromatic rings. The van der Waals surface area contributed by atoms with Gasteiger partial charge in [-0.15, -0.1) is 0 Å². The molecule has 0 atom stereocenters. The van der Waals surface area contributed by atoms with Crippen LogP contribution >= 0.6 is 0 Å². The summed E-state index contributed by atoms with van der Waals surface area (Å²) < 4.78 is 10.8. The molecule has 0 amide bonds. The minimum atomic E-state index is -0.810. The summed E-state index contributed by atoms with van der Waals surface area (Å²) in [6.45, 7) is 6.92. The second-order valence-electron chi connectivity index (χ2n) is 7.48. The average Bonchev–Trinajstić information content (AvgIpc) is 3.12. The molecule has 138 valence electrons. The van der Waals surface area contributed by atoms with E-state index in [1.807, 2.05) is 30.6 Å². The molecule has 0 radical (unpaired) electrons. The Morgan fingerprint density at radius 2 is 1.81 bits per heavy atom. The number of likely N-dealkylation sites (tertiary alicyclic amines) is 1. The highest BCUT2D eigenvalue weighted by Crippen LogP contribution is 2.39. The molecule has 6 heteroatoms. The first kappa shape index (κ1) is 17.2. The normalized spacial score (nSPS) is 19.1. The lowest BCUT2D eigenvalue weighted by atomic mass is 9.84. The SMILES string of the molecule is CC(C)c1ncc(CN2CCC(O)(c3ccc4c(c3)OCO4)CC2)cn1. The van der Waals surface area contributed by atoms with Crippen LogP contribution in [0.1, 0.15) is 49.6 Å². The summed E-state index contributed by atoms with van der Waals surface area (Å²) in [5, 5.41) is 11.1. The molecule has 0 aliphatic carbocycles. The van der Waals surface area contributed by atoms with Crippen molar-refractivity contribution in [2.24, 2.45) is 0 Å². The third-order valence-electron chi connectivity index (χ3n) is 5.24. The zero-order valence-corrected chi connectivity index (χ0v) is 15.3. The average molecular weight is 355 g/mol. The first-order valence-electron chi connectivity index (χ1n) is 9.19. The number of nitrogens with zero attached hydrogens (tertiary/aromatic N) is 3. The fourth-order valence-corrected chi connectivity index (χ4v) is 3.56. The van der Waals surface area contributed by atoms with Crippen molar-refractivity contribution in [3.63, 3.8) is 0 Å². The number of aromatic nitrogens is 2. The Morgan fingerprint density at radius 1 is 1.12 bits per heavy atom. The van der Waals surface area contributed by atoms with Crippen molar-refractivity contribution in [2.45, 2.75) is 44.8 Å². The molecule has 4 rings (SSSR count). The van der Waals surface area contributed by atoms with Crippen LogP contribution in [-0.2, 0) is 12.1 Å². The summed E-state index contributed by atoms with van der Waals surface area (Å²) in [6, 6.07) is 5.74. The lowest BCUT2D eigenvalue weighted by Gasteiger charge is -2.38. The topological polar surface area (TPSA) is 67.7 Å². The molecule has 2 aliphatic rings. The van der Waals surface area contributed by atoms with Crippen molar-refractivity contribution in [3.8, 4) is 11.5 Å². The molecule has 1 N–H and O–H groups in total. The van der Waals surface area contributed by atoms with E-state index in [1.54, 1.807) is 0 Å². The first-order chi connectivity index (χ1) is 12.5. The zero-order valence-electron chi connectivity index (χ0n) is 15.3. The molecular formula is C20H25N3O3. The monoisotopic (exact) mass is 355 g/mol. The second kappa shape index (κ2) is 6.85. The molecule has 0 spiro atoms. The largest absolute Gasteiger partial charge is 0.454 e. The van der Waals surface area contributed by atoms with Crippen LogP contribution in [-0.4, -0.2) is 39.9 Å². The van der Waals surface area contributed by atoms with Crippen molar-refractivity contribution in [1.82, 2.24) is 14.9 Å². The molecule has 1 aromatic carbocycles. The Bertz CT molecular complexity index is 768. The third kappa shape index (κ3) is 3.39. The third-order valence-corrected chi connectivity index (χ3v) is 5.24. The molecule has 1 fully saturated rings. The fourth-order valence-electron chi connectivity index (χ4n) is 3.56. The van der Waals surface area contributed by atoms with Crippen LogP contribution in [0.4, 0.5) is 0 Å². The molecule has 26 heavy (non-hydrogen) atoms. The van der Waals surface area contributed by atoms with Crippen LogP contribution in [0.2, 0.25) is 0 Å². The van der Waals surface area contributed by atoms with E-state index in [0.29, 0.717) is 18.8 Å². The number of fused-ring (bicyclic) bond motifs is 1. The molecule has 0 unspecified atom stereocenters. The molecule has 0 bridgehead atoms. The summed E-state index contributed by atoms with van der Waals surface area (Å²) in [4.78, 5) is 11.2. The van der Waals surface area contributed by atoms with Gasteiger partial charge in [0, 0.05) is 43.5 Å². The van der Waals surface area contributed by atoms with E-state index in [4.69, 9.17) is 9.47 Å². The molecule has 1 saturated heterocycles. The maximum absolute atomic E-state index is 11.1. The summed E-state index contributed by atoms with van der Waals surface area (Å²) in [6.07, 6.45) is 5.22.